The number of hydrogen-bond acceptors (Lipinski definition) is 6. The van der Waals surface area contributed by atoms with Crippen LogP contribution in [0.15, 0.2) is 84.9 Å². The van der Waals surface area contributed by atoms with Gasteiger partial charge in [0.15, 0.2) is 11.6 Å². The fourth-order valence-corrected chi connectivity index (χ4v) is 4.04. The Labute approximate surface area is 222 Å². The highest BCUT2D eigenvalue weighted by Gasteiger charge is 2.20. The molecule has 1 heterocycles. The standard InChI is InChI=1S/C30H22F2N2O5/c1-37-22-9-8-20-14-27(24(30(35)36)13-21(20)12-22)39-29-26(32)15-25(31)28(34-29)38-23-7-3-6-19(11-23)18-5-2-4-17(10-18)16-33/h2-15H,16,33H2,1H3,(H,35,36). The van der Waals surface area contributed by atoms with Gasteiger partial charge in [0.05, 0.1) is 7.11 Å². The van der Waals surface area contributed by atoms with Gasteiger partial charge in [-0.05, 0) is 69.9 Å². The summed E-state index contributed by atoms with van der Waals surface area (Å²) in [6, 6.07) is 22.9. The van der Waals surface area contributed by atoms with Crippen LogP contribution < -0.4 is 19.9 Å². The van der Waals surface area contributed by atoms with Crippen molar-refractivity contribution in [1.82, 2.24) is 4.98 Å². The molecule has 1 aromatic heterocycles. The van der Waals surface area contributed by atoms with Gasteiger partial charge in [-0.25, -0.2) is 13.6 Å². The van der Waals surface area contributed by atoms with Crippen LogP contribution in [0, 0.1) is 11.6 Å². The van der Waals surface area contributed by atoms with E-state index in [1.165, 1.54) is 19.2 Å². The first-order valence-electron chi connectivity index (χ1n) is 11.8. The van der Waals surface area contributed by atoms with Crippen LogP contribution in [0.1, 0.15) is 15.9 Å². The average molecular weight is 529 g/mol. The molecule has 0 spiro atoms. The summed E-state index contributed by atoms with van der Waals surface area (Å²) < 4.78 is 45.8. The van der Waals surface area contributed by atoms with Crippen molar-refractivity contribution in [1.29, 1.82) is 0 Å². The number of carbonyl (C=O) groups is 1. The topological polar surface area (TPSA) is 104 Å². The highest BCUT2D eigenvalue weighted by atomic mass is 19.1. The van der Waals surface area contributed by atoms with Gasteiger partial charge in [0.2, 0.25) is 0 Å². The quantitative estimate of drug-likeness (QED) is 0.225. The number of nitrogens with two attached hydrogens (primary N) is 1. The highest BCUT2D eigenvalue weighted by molar-refractivity contribution is 5.98. The Bertz CT molecular complexity index is 1710. The Balaban J connectivity index is 1.48. The smallest absolute Gasteiger partial charge is 0.339 e. The minimum atomic E-state index is -1.30. The summed E-state index contributed by atoms with van der Waals surface area (Å²) in [6.45, 7) is 0.381. The molecule has 0 bridgehead atoms. The number of benzene rings is 4. The monoisotopic (exact) mass is 528 g/mol. The number of aromatic carboxylic acids is 1. The van der Waals surface area contributed by atoms with Crippen molar-refractivity contribution in [3.8, 4) is 40.1 Å². The number of ether oxygens (including phenoxy) is 3. The second-order valence-electron chi connectivity index (χ2n) is 8.57. The third-order valence-corrected chi connectivity index (χ3v) is 5.99. The van der Waals surface area contributed by atoms with Crippen LogP contribution in [0.25, 0.3) is 21.9 Å². The number of methoxy groups -OCH3 is 1. The van der Waals surface area contributed by atoms with E-state index in [9.17, 15) is 18.7 Å². The number of carboxylic acids is 1. The zero-order chi connectivity index (χ0) is 27.5. The number of carboxylic acid groups (broad SMARTS) is 1. The molecule has 5 rings (SSSR count). The third kappa shape index (κ3) is 5.48. The minimum Gasteiger partial charge on any atom is -0.497 e. The first-order chi connectivity index (χ1) is 18.8. The van der Waals surface area contributed by atoms with E-state index < -0.39 is 29.4 Å². The molecule has 0 aliphatic rings. The predicted molar refractivity (Wildman–Crippen MR) is 142 cm³/mol. The summed E-state index contributed by atoms with van der Waals surface area (Å²) in [6.07, 6.45) is 0. The second kappa shape index (κ2) is 10.8. The van der Waals surface area contributed by atoms with Crippen LogP contribution >= 0.6 is 0 Å². The molecule has 0 radical (unpaired) electrons. The molecule has 9 heteroatoms. The molecular formula is C30H22F2N2O5. The molecule has 196 valence electrons. The summed E-state index contributed by atoms with van der Waals surface area (Å²) in [4.78, 5) is 15.8. The van der Waals surface area contributed by atoms with Crippen LogP contribution in [-0.4, -0.2) is 23.2 Å². The number of halogens is 2. The number of pyridine rings is 1. The molecule has 0 saturated heterocycles. The maximum atomic E-state index is 14.7. The molecule has 0 aliphatic heterocycles. The molecule has 0 amide bonds. The Hall–Kier alpha value is -5.02. The molecule has 0 unspecified atom stereocenters. The summed E-state index contributed by atoms with van der Waals surface area (Å²) in [7, 11) is 1.49. The predicted octanol–water partition coefficient (Wildman–Crippen LogP) is 6.93. The van der Waals surface area contributed by atoms with Crippen LogP contribution in [0.4, 0.5) is 8.78 Å². The number of aromatic nitrogens is 1. The lowest BCUT2D eigenvalue weighted by molar-refractivity contribution is 0.0694. The fraction of sp³-hybridized carbons (Fsp3) is 0.0667. The molecule has 39 heavy (non-hydrogen) atoms. The van der Waals surface area contributed by atoms with E-state index in [0.717, 1.165) is 16.7 Å². The van der Waals surface area contributed by atoms with Gasteiger partial charge in [0, 0.05) is 12.6 Å². The number of fused-ring (bicyclic) bond motifs is 1. The number of nitrogens with zero attached hydrogens (tertiary/aromatic N) is 1. The van der Waals surface area contributed by atoms with E-state index in [1.807, 2.05) is 30.3 Å². The van der Waals surface area contributed by atoms with Crippen molar-refractivity contribution < 1.29 is 32.9 Å². The normalized spacial score (nSPS) is 10.9. The fourth-order valence-electron chi connectivity index (χ4n) is 4.04. The first kappa shape index (κ1) is 25.6. The van der Waals surface area contributed by atoms with Crippen LogP contribution in [-0.2, 0) is 6.54 Å². The molecule has 3 N–H and O–H groups in total. The van der Waals surface area contributed by atoms with Gasteiger partial charge in [0.25, 0.3) is 11.8 Å². The summed E-state index contributed by atoms with van der Waals surface area (Å²) in [5, 5.41) is 10.9. The van der Waals surface area contributed by atoms with Gasteiger partial charge in [0.1, 0.15) is 22.8 Å². The largest absolute Gasteiger partial charge is 0.497 e. The highest BCUT2D eigenvalue weighted by Crippen LogP contribution is 2.35. The molecule has 0 saturated carbocycles. The Morgan fingerprint density at radius 1 is 0.821 bits per heavy atom. The maximum Gasteiger partial charge on any atom is 0.339 e. The van der Waals surface area contributed by atoms with Crippen molar-refractivity contribution in [2.45, 2.75) is 6.54 Å². The van der Waals surface area contributed by atoms with Gasteiger partial charge in [-0.2, -0.15) is 4.98 Å². The van der Waals surface area contributed by atoms with Crippen molar-refractivity contribution in [3.05, 3.63) is 108 Å². The third-order valence-electron chi connectivity index (χ3n) is 5.99. The summed E-state index contributed by atoms with van der Waals surface area (Å²) in [5.74, 6) is -4.06. The molecule has 0 aliphatic carbocycles. The Kier molecular flexibility index (Phi) is 7.07. The van der Waals surface area contributed by atoms with E-state index in [2.05, 4.69) is 4.98 Å². The van der Waals surface area contributed by atoms with Crippen molar-refractivity contribution in [3.63, 3.8) is 0 Å². The average Bonchev–Trinajstić information content (AvgIpc) is 2.95. The van der Waals surface area contributed by atoms with Crippen LogP contribution in [0.3, 0.4) is 0 Å². The maximum absolute atomic E-state index is 14.7. The Morgan fingerprint density at radius 3 is 2.26 bits per heavy atom. The van der Waals surface area contributed by atoms with Gasteiger partial charge in [-0.3, -0.25) is 0 Å². The van der Waals surface area contributed by atoms with E-state index in [1.54, 1.807) is 36.4 Å². The zero-order valence-corrected chi connectivity index (χ0v) is 20.7. The van der Waals surface area contributed by atoms with Gasteiger partial charge < -0.3 is 25.1 Å². The zero-order valence-electron chi connectivity index (χ0n) is 20.7. The van der Waals surface area contributed by atoms with Crippen LogP contribution in [0.5, 0.6) is 29.0 Å². The second-order valence-corrected chi connectivity index (χ2v) is 8.57. The van der Waals surface area contributed by atoms with Crippen molar-refractivity contribution >= 4 is 16.7 Å². The molecule has 0 fully saturated rings. The van der Waals surface area contributed by atoms with Gasteiger partial charge >= 0.3 is 5.97 Å². The molecule has 0 atom stereocenters. The minimum absolute atomic E-state index is 0.175. The molecule has 5 aromatic rings. The molecular weight excluding hydrogens is 506 g/mol. The van der Waals surface area contributed by atoms with E-state index in [4.69, 9.17) is 19.9 Å². The Morgan fingerprint density at radius 2 is 1.54 bits per heavy atom. The first-order valence-corrected chi connectivity index (χ1v) is 11.8. The molecule has 4 aromatic carbocycles. The lowest BCUT2D eigenvalue weighted by Crippen LogP contribution is -2.03. The van der Waals surface area contributed by atoms with E-state index in [0.29, 0.717) is 29.1 Å². The molecule has 7 nitrogen and oxygen atoms in total. The SMILES string of the molecule is COc1ccc2cc(Oc3nc(Oc4cccc(-c5cccc(CN)c5)c4)c(F)cc3F)c(C(=O)O)cc2c1. The van der Waals surface area contributed by atoms with Gasteiger partial charge in [-0.15, -0.1) is 0 Å². The van der Waals surface area contributed by atoms with Gasteiger partial charge in [-0.1, -0.05) is 36.4 Å². The lowest BCUT2D eigenvalue weighted by Gasteiger charge is -2.13. The van der Waals surface area contributed by atoms with E-state index in [-0.39, 0.29) is 17.1 Å². The lowest BCUT2D eigenvalue weighted by atomic mass is 10.0. The number of rotatable bonds is 8. The number of hydrogen-bond donors (Lipinski definition) is 2. The van der Waals surface area contributed by atoms with Crippen molar-refractivity contribution in [2.75, 3.05) is 7.11 Å². The summed E-state index contributed by atoms with van der Waals surface area (Å²) in [5.41, 5.74) is 8.12. The van der Waals surface area contributed by atoms with Crippen molar-refractivity contribution in [2.24, 2.45) is 5.73 Å². The summed E-state index contributed by atoms with van der Waals surface area (Å²) >= 11 is 0. The van der Waals surface area contributed by atoms with Crippen LogP contribution in [0.2, 0.25) is 0 Å². The van der Waals surface area contributed by atoms with E-state index >= 15 is 0 Å².